The highest BCUT2D eigenvalue weighted by atomic mass is 35.5. The number of β-amino-alcohol motifs (C(OH)–C–C–N with tert-alkyl or cyclic N) is 1. The van der Waals surface area contributed by atoms with Crippen molar-refractivity contribution in [3.8, 4) is 24.2 Å². The fraction of sp³-hybridized carbons (Fsp3) is 0.273. The van der Waals surface area contributed by atoms with E-state index in [0.717, 1.165) is 77.0 Å². The number of nitrogens with zero attached hydrogens (tertiary/aromatic N) is 3. The number of H-pyrrole nitrogens is 2. The van der Waals surface area contributed by atoms with Gasteiger partial charge in [-0.25, -0.2) is 4.98 Å². The summed E-state index contributed by atoms with van der Waals surface area (Å²) in [5.74, 6) is 0.542. The van der Waals surface area contributed by atoms with E-state index in [1.165, 1.54) is 0 Å². The van der Waals surface area contributed by atoms with Gasteiger partial charge in [0.15, 0.2) is 0 Å². The van der Waals surface area contributed by atoms with E-state index >= 15 is 0 Å². The number of anilines is 2. The maximum Gasteiger partial charge on any atom is 0.261 e. The quantitative estimate of drug-likeness (QED) is 0.191. The molecule has 0 aliphatic carbocycles. The van der Waals surface area contributed by atoms with Gasteiger partial charge in [-0.05, 0) is 54.8 Å². The lowest BCUT2D eigenvalue weighted by Crippen LogP contribution is -2.47. The highest BCUT2D eigenvalue weighted by molar-refractivity contribution is 6.30. The minimum Gasteiger partial charge on any atom is -0.395 e. The molecule has 0 unspecified atom stereocenters. The highest BCUT2D eigenvalue weighted by Gasteiger charge is 2.21. The Balaban J connectivity index is 0.00000173. The van der Waals surface area contributed by atoms with Crippen LogP contribution in [0.1, 0.15) is 11.1 Å². The van der Waals surface area contributed by atoms with Crippen LogP contribution in [-0.2, 0) is 6.42 Å². The Hall–Kier alpha value is -4.29. The fourth-order valence-corrected chi connectivity index (χ4v) is 5.83. The number of fused-ring (bicyclic) bond motifs is 2. The first-order chi connectivity index (χ1) is 20.5. The lowest BCUT2D eigenvalue weighted by Gasteiger charge is -2.35. The SMILES string of the molecule is C#C.Cc1cc(N2CCN(CCO)CC2)cc2[nH]c(-c3c(NCCc4cccc(Cl)c4)c4ccccc4[nH]c3=O)nc12. The molecular weight excluding hydrogens is 548 g/mol. The Bertz CT molecular complexity index is 1770. The molecular formula is C33H35ClN6O2. The Morgan fingerprint density at radius 3 is 2.55 bits per heavy atom. The van der Waals surface area contributed by atoms with Gasteiger partial charge in [0.25, 0.3) is 5.56 Å². The van der Waals surface area contributed by atoms with Gasteiger partial charge in [-0.3, -0.25) is 9.69 Å². The van der Waals surface area contributed by atoms with E-state index < -0.39 is 0 Å². The molecule has 4 N–H and O–H groups in total. The number of benzene rings is 3. The normalized spacial score (nSPS) is 13.7. The van der Waals surface area contributed by atoms with E-state index in [9.17, 15) is 9.90 Å². The molecule has 0 spiro atoms. The standard InChI is InChI=1S/C31H33ClN6O2.C2H2/c1-20-17-23(38-13-11-37(12-14-38)15-16-39)19-26-28(20)36-30(34-26)27-29(24-7-2-3-8-25(24)35-31(27)40)33-10-9-21-5-4-6-22(32)18-21;1-2/h2-8,17-19,39H,9-16H2,1H3,(H,34,36)(H2,33,35,40);1-2H. The van der Waals surface area contributed by atoms with E-state index in [0.29, 0.717) is 29.5 Å². The zero-order valence-corrected chi connectivity index (χ0v) is 24.4. The molecule has 216 valence electrons. The molecule has 0 bridgehead atoms. The minimum absolute atomic E-state index is 0.188. The summed E-state index contributed by atoms with van der Waals surface area (Å²) in [7, 11) is 0. The van der Waals surface area contributed by atoms with E-state index in [1.807, 2.05) is 42.5 Å². The molecule has 3 heterocycles. The number of nitrogens with one attached hydrogen (secondary N) is 3. The molecule has 5 aromatic rings. The molecule has 0 radical (unpaired) electrons. The number of para-hydroxylation sites is 1. The summed E-state index contributed by atoms with van der Waals surface area (Å²) in [4.78, 5) is 29.6. The van der Waals surface area contributed by atoms with Gasteiger partial charge in [0.1, 0.15) is 11.4 Å². The van der Waals surface area contributed by atoms with E-state index in [1.54, 1.807) is 0 Å². The molecule has 8 nitrogen and oxygen atoms in total. The van der Waals surface area contributed by atoms with Gasteiger partial charge in [-0.2, -0.15) is 0 Å². The molecule has 9 heteroatoms. The molecule has 0 atom stereocenters. The van der Waals surface area contributed by atoms with E-state index in [2.05, 4.69) is 63.1 Å². The first kappa shape index (κ1) is 29.2. The maximum atomic E-state index is 13.5. The van der Waals surface area contributed by atoms with E-state index in [-0.39, 0.29) is 12.2 Å². The summed E-state index contributed by atoms with van der Waals surface area (Å²) < 4.78 is 0. The predicted octanol–water partition coefficient (Wildman–Crippen LogP) is 5.05. The summed E-state index contributed by atoms with van der Waals surface area (Å²) in [6.45, 7) is 7.23. The Morgan fingerprint density at radius 1 is 1.00 bits per heavy atom. The van der Waals surface area contributed by atoms with Crippen LogP contribution in [0.25, 0.3) is 33.3 Å². The molecule has 1 fully saturated rings. The first-order valence-electron chi connectivity index (χ1n) is 14.1. The Labute approximate surface area is 250 Å². The van der Waals surface area contributed by atoms with Crippen molar-refractivity contribution in [3.05, 3.63) is 87.2 Å². The van der Waals surface area contributed by atoms with Gasteiger partial charge < -0.3 is 25.3 Å². The average Bonchev–Trinajstić information content (AvgIpc) is 3.43. The van der Waals surface area contributed by atoms with Crippen LogP contribution in [0.15, 0.2) is 65.5 Å². The number of terminal acetylenes is 1. The molecule has 1 saturated heterocycles. The third-order valence-electron chi connectivity index (χ3n) is 7.68. The number of aliphatic hydroxyl groups excluding tert-OH is 1. The molecule has 2 aromatic heterocycles. The Kier molecular flexibility index (Phi) is 9.13. The van der Waals surface area contributed by atoms with Crippen LogP contribution in [0.4, 0.5) is 11.4 Å². The number of imidazole rings is 1. The van der Waals surface area contributed by atoms with Gasteiger partial charge in [0, 0.05) is 55.4 Å². The summed E-state index contributed by atoms with van der Waals surface area (Å²) in [5.41, 5.74) is 6.92. The summed E-state index contributed by atoms with van der Waals surface area (Å²) in [5, 5.41) is 14.5. The third-order valence-corrected chi connectivity index (χ3v) is 7.91. The van der Waals surface area contributed by atoms with Crippen molar-refractivity contribution in [1.82, 2.24) is 19.9 Å². The molecule has 1 aliphatic rings. The zero-order valence-electron chi connectivity index (χ0n) is 23.7. The number of piperazine rings is 1. The lowest BCUT2D eigenvalue weighted by atomic mass is 10.1. The van der Waals surface area contributed by atoms with Crippen molar-refractivity contribution in [1.29, 1.82) is 0 Å². The predicted molar refractivity (Wildman–Crippen MR) is 174 cm³/mol. The van der Waals surface area contributed by atoms with Gasteiger partial charge in [-0.1, -0.05) is 41.9 Å². The monoisotopic (exact) mass is 582 g/mol. The van der Waals surface area contributed by atoms with Crippen LogP contribution in [0, 0.1) is 19.8 Å². The highest BCUT2D eigenvalue weighted by Crippen LogP contribution is 2.33. The molecule has 0 saturated carbocycles. The number of aromatic nitrogens is 3. The smallest absolute Gasteiger partial charge is 0.261 e. The second-order valence-electron chi connectivity index (χ2n) is 10.4. The van der Waals surface area contributed by atoms with Crippen LogP contribution in [0.2, 0.25) is 5.02 Å². The van der Waals surface area contributed by atoms with Crippen molar-refractivity contribution < 1.29 is 5.11 Å². The van der Waals surface area contributed by atoms with Gasteiger partial charge >= 0.3 is 0 Å². The van der Waals surface area contributed by atoms with Crippen LogP contribution < -0.4 is 15.8 Å². The molecule has 6 rings (SSSR count). The second kappa shape index (κ2) is 13.1. The van der Waals surface area contributed by atoms with Crippen molar-refractivity contribution in [2.75, 3.05) is 56.1 Å². The number of halogens is 1. The Morgan fingerprint density at radius 2 is 1.79 bits per heavy atom. The summed E-state index contributed by atoms with van der Waals surface area (Å²) in [6.07, 6.45) is 8.76. The van der Waals surface area contributed by atoms with Gasteiger partial charge in [-0.15, -0.1) is 12.8 Å². The van der Waals surface area contributed by atoms with Crippen molar-refractivity contribution in [2.24, 2.45) is 0 Å². The molecule has 42 heavy (non-hydrogen) atoms. The molecule has 3 aromatic carbocycles. The molecule has 0 amide bonds. The number of aryl methyl sites for hydroxylation is 1. The third kappa shape index (κ3) is 6.14. The molecule has 1 aliphatic heterocycles. The lowest BCUT2D eigenvalue weighted by molar-refractivity contribution is 0.189. The number of aliphatic hydroxyl groups is 1. The van der Waals surface area contributed by atoms with E-state index in [4.69, 9.17) is 16.6 Å². The van der Waals surface area contributed by atoms with Gasteiger partial charge in [0.05, 0.1) is 28.8 Å². The van der Waals surface area contributed by atoms with Crippen LogP contribution >= 0.6 is 11.6 Å². The minimum atomic E-state index is -0.194. The number of rotatable bonds is 8. The largest absolute Gasteiger partial charge is 0.395 e. The number of hydrogen-bond donors (Lipinski definition) is 4. The van der Waals surface area contributed by atoms with Crippen molar-refractivity contribution in [3.63, 3.8) is 0 Å². The second-order valence-corrected chi connectivity index (χ2v) is 10.8. The van der Waals surface area contributed by atoms with Crippen molar-refractivity contribution in [2.45, 2.75) is 13.3 Å². The summed E-state index contributed by atoms with van der Waals surface area (Å²) >= 11 is 6.18. The van der Waals surface area contributed by atoms with Crippen LogP contribution in [0.3, 0.4) is 0 Å². The van der Waals surface area contributed by atoms with Gasteiger partial charge in [0.2, 0.25) is 0 Å². The number of hydrogen-bond acceptors (Lipinski definition) is 6. The topological polar surface area (TPSA) is 100 Å². The first-order valence-corrected chi connectivity index (χ1v) is 14.4. The maximum absolute atomic E-state index is 13.5. The average molecular weight is 583 g/mol. The number of pyridine rings is 1. The van der Waals surface area contributed by atoms with Crippen molar-refractivity contribution >= 4 is 44.9 Å². The number of aromatic amines is 2. The summed E-state index contributed by atoms with van der Waals surface area (Å²) in [6, 6.07) is 20.0. The van der Waals surface area contributed by atoms with Crippen LogP contribution in [0.5, 0.6) is 0 Å². The fourth-order valence-electron chi connectivity index (χ4n) is 5.62. The zero-order chi connectivity index (χ0) is 29.6. The van der Waals surface area contributed by atoms with Crippen LogP contribution in [-0.4, -0.2) is 70.8 Å².